The maximum absolute atomic E-state index is 13.4. The first kappa shape index (κ1) is 17.2. The highest BCUT2D eigenvalue weighted by Crippen LogP contribution is 2.43. The Morgan fingerprint density at radius 1 is 1.08 bits per heavy atom. The maximum Gasteiger partial charge on any atom is 0.242 e. The van der Waals surface area contributed by atoms with Crippen LogP contribution in [0.1, 0.15) is 56.9 Å². The number of fused-ring (bicyclic) bond motifs is 1. The largest absolute Gasteiger partial charge is 0.454 e. The molecular formula is C20H26N2O4. The molecule has 1 aromatic rings. The average Bonchev–Trinajstić information content (AvgIpc) is 3.05. The second-order valence-electron chi connectivity index (χ2n) is 7.52. The van der Waals surface area contributed by atoms with Crippen molar-refractivity contribution < 1.29 is 19.1 Å². The summed E-state index contributed by atoms with van der Waals surface area (Å²) in [5.74, 6) is 1.33. The Balaban J connectivity index is 1.61. The molecule has 4 rings (SSSR count). The van der Waals surface area contributed by atoms with Gasteiger partial charge >= 0.3 is 0 Å². The lowest BCUT2D eigenvalue weighted by molar-refractivity contribution is -0.133. The predicted molar refractivity (Wildman–Crippen MR) is 96.1 cm³/mol. The van der Waals surface area contributed by atoms with Crippen LogP contribution in [0.15, 0.2) is 18.2 Å². The first-order valence-corrected chi connectivity index (χ1v) is 9.68. The van der Waals surface area contributed by atoms with Crippen molar-refractivity contribution >= 4 is 11.8 Å². The van der Waals surface area contributed by atoms with Gasteiger partial charge < -0.3 is 20.1 Å². The third-order valence-electron chi connectivity index (χ3n) is 5.91. The third kappa shape index (κ3) is 3.13. The van der Waals surface area contributed by atoms with Crippen LogP contribution in [0.5, 0.6) is 11.5 Å². The Labute approximate surface area is 153 Å². The van der Waals surface area contributed by atoms with E-state index in [2.05, 4.69) is 10.6 Å². The smallest absolute Gasteiger partial charge is 0.242 e. The van der Waals surface area contributed by atoms with Crippen molar-refractivity contribution in [2.45, 2.75) is 62.8 Å². The van der Waals surface area contributed by atoms with Crippen molar-refractivity contribution in [1.82, 2.24) is 10.6 Å². The van der Waals surface area contributed by atoms with Crippen molar-refractivity contribution in [1.29, 1.82) is 0 Å². The number of carbonyl (C=O) groups is 2. The van der Waals surface area contributed by atoms with E-state index in [-0.39, 0.29) is 18.6 Å². The summed E-state index contributed by atoms with van der Waals surface area (Å²) in [6, 6.07) is 5.38. The molecule has 2 fully saturated rings. The second kappa shape index (κ2) is 7.17. The number of carbonyl (C=O) groups excluding carboxylic acids is 2. The number of benzene rings is 1. The highest BCUT2D eigenvalue weighted by Gasteiger charge is 2.43. The number of ether oxygens (including phenoxy) is 2. The van der Waals surface area contributed by atoms with Gasteiger partial charge in [-0.15, -0.1) is 0 Å². The van der Waals surface area contributed by atoms with Crippen LogP contribution in [-0.4, -0.2) is 31.2 Å². The molecule has 1 saturated heterocycles. The molecule has 6 nitrogen and oxygen atoms in total. The lowest BCUT2D eigenvalue weighted by Gasteiger charge is -2.37. The summed E-state index contributed by atoms with van der Waals surface area (Å²) in [4.78, 5) is 25.6. The molecule has 0 radical (unpaired) electrons. The Morgan fingerprint density at radius 3 is 2.73 bits per heavy atom. The van der Waals surface area contributed by atoms with Gasteiger partial charge in [-0.2, -0.15) is 0 Å². The van der Waals surface area contributed by atoms with Crippen molar-refractivity contribution in [3.05, 3.63) is 23.8 Å². The van der Waals surface area contributed by atoms with E-state index >= 15 is 0 Å². The molecule has 1 aliphatic carbocycles. The zero-order valence-electron chi connectivity index (χ0n) is 15.0. The van der Waals surface area contributed by atoms with Crippen LogP contribution >= 0.6 is 0 Å². The Kier molecular flexibility index (Phi) is 4.74. The summed E-state index contributed by atoms with van der Waals surface area (Å²) < 4.78 is 10.9. The van der Waals surface area contributed by atoms with Crippen LogP contribution in [-0.2, 0) is 15.0 Å². The van der Waals surface area contributed by atoms with Gasteiger partial charge in [-0.3, -0.25) is 9.59 Å². The van der Waals surface area contributed by atoms with Crippen molar-refractivity contribution in [3.8, 4) is 11.5 Å². The van der Waals surface area contributed by atoms with Crippen LogP contribution in [0, 0.1) is 0 Å². The zero-order chi connectivity index (χ0) is 18.0. The van der Waals surface area contributed by atoms with Gasteiger partial charge in [0, 0.05) is 6.54 Å². The van der Waals surface area contributed by atoms with Crippen molar-refractivity contribution in [2.24, 2.45) is 0 Å². The highest BCUT2D eigenvalue weighted by atomic mass is 16.7. The summed E-state index contributed by atoms with van der Waals surface area (Å²) >= 11 is 0. The molecule has 2 N–H and O–H groups in total. The molecule has 6 heteroatoms. The molecule has 2 aliphatic heterocycles. The second-order valence-corrected chi connectivity index (χ2v) is 7.52. The van der Waals surface area contributed by atoms with E-state index in [9.17, 15) is 9.59 Å². The zero-order valence-corrected chi connectivity index (χ0v) is 15.0. The van der Waals surface area contributed by atoms with Crippen LogP contribution < -0.4 is 20.1 Å². The molecule has 3 aliphatic rings. The molecule has 0 unspecified atom stereocenters. The molecule has 1 atom stereocenters. The lowest BCUT2D eigenvalue weighted by atomic mass is 9.68. The lowest BCUT2D eigenvalue weighted by Crippen LogP contribution is -2.53. The molecule has 140 valence electrons. The number of hydrogen-bond donors (Lipinski definition) is 2. The van der Waals surface area contributed by atoms with E-state index in [1.165, 1.54) is 0 Å². The molecule has 1 aromatic carbocycles. The predicted octanol–water partition coefficient (Wildman–Crippen LogP) is 2.40. The molecule has 2 heterocycles. The molecule has 1 saturated carbocycles. The maximum atomic E-state index is 13.4. The fourth-order valence-corrected chi connectivity index (χ4v) is 4.37. The Morgan fingerprint density at radius 2 is 1.88 bits per heavy atom. The summed E-state index contributed by atoms with van der Waals surface area (Å²) in [6.45, 7) is 0.915. The van der Waals surface area contributed by atoms with E-state index < -0.39 is 11.5 Å². The molecule has 26 heavy (non-hydrogen) atoms. The minimum Gasteiger partial charge on any atom is -0.454 e. The van der Waals surface area contributed by atoms with Gasteiger partial charge in [-0.25, -0.2) is 0 Å². The fourth-order valence-electron chi connectivity index (χ4n) is 4.37. The van der Waals surface area contributed by atoms with Crippen LogP contribution in [0.4, 0.5) is 0 Å². The number of nitrogens with one attached hydrogen (secondary N) is 2. The van der Waals surface area contributed by atoms with Gasteiger partial charge in [-0.05, 0) is 49.8 Å². The van der Waals surface area contributed by atoms with Crippen LogP contribution in [0.25, 0.3) is 0 Å². The van der Waals surface area contributed by atoms with E-state index in [1.54, 1.807) is 0 Å². The third-order valence-corrected chi connectivity index (χ3v) is 5.91. The summed E-state index contributed by atoms with van der Waals surface area (Å²) in [6.07, 6.45) is 7.38. The van der Waals surface area contributed by atoms with E-state index in [1.807, 2.05) is 18.2 Å². The van der Waals surface area contributed by atoms with E-state index in [4.69, 9.17) is 9.47 Å². The van der Waals surface area contributed by atoms with Crippen LogP contribution in [0.3, 0.4) is 0 Å². The molecule has 0 spiro atoms. The Bertz CT molecular complexity index is 697. The average molecular weight is 358 g/mol. The Hall–Kier alpha value is -2.24. The van der Waals surface area contributed by atoms with Gasteiger partial charge in [-0.1, -0.05) is 25.3 Å². The van der Waals surface area contributed by atoms with E-state index in [0.29, 0.717) is 18.7 Å². The highest BCUT2D eigenvalue weighted by molar-refractivity contribution is 5.93. The summed E-state index contributed by atoms with van der Waals surface area (Å²) in [5, 5.41) is 5.96. The molecule has 2 amide bonds. The molecule has 0 bridgehead atoms. The van der Waals surface area contributed by atoms with Gasteiger partial charge in [0.1, 0.15) is 6.04 Å². The summed E-state index contributed by atoms with van der Waals surface area (Å²) in [7, 11) is 0. The fraction of sp³-hybridized carbons (Fsp3) is 0.600. The normalized spacial score (nSPS) is 24.5. The monoisotopic (exact) mass is 358 g/mol. The van der Waals surface area contributed by atoms with Crippen LogP contribution in [0.2, 0.25) is 0 Å². The van der Waals surface area contributed by atoms with E-state index in [0.717, 1.165) is 56.3 Å². The topological polar surface area (TPSA) is 76.7 Å². The molecular weight excluding hydrogens is 332 g/mol. The number of hydrogen-bond acceptors (Lipinski definition) is 4. The molecule has 0 aromatic heterocycles. The summed E-state index contributed by atoms with van der Waals surface area (Å²) in [5.41, 5.74) is 0.374. The first-order chi connectivity index (χ1) is 12.7. The number of amides is 2. The minimum atomic E-state index is -0.591. The number of rotatable bonds is 3. The first-order valence-electron chi connectivity index (χ1n) is 9.68. The SMILES string of the molecule is O=C1NCCCC[C@@H]1NC(=O)C1(c2ccc3c(c2)OCO3)CCCCC1. The quantitative estimate of drug-likeness (QED) is 0.870. The standard InChI is InChI=1S/C20H26N2O4/c23-18-15(6-2-5-11-21-18)22-19(24)20(9-3-1-4-10-20)14-7-8-16-17(12-14)26-13-25-16/h7-8,12,15H,1-6,9-11,13H2,(H,21,23)(H,22,24)/t15-/m0/s1. The van der Waals surface area contributed by atoms with Gasteiger partial charge in [0.05, 0.1) is 5.41 Å². The van der Waals surface area contributed by atoms with Crippen molar-refractivity contribution in [3.63, 3.8) is 0 Å². The minimum absolute atomic E-state index is 0.0295. The van der Waals surface area contributed by atoms with Gasteiger partial charge in [0.2, 0.25) is 18.6 Å². The van der Waals surface area contributed by atoms with Gasteiger partial charge in [0.25, 0.3) is 0 Å². The van der Waals surface area contributed by atoms with Gasteiger partial charge in [0.15, 0.2) is 11.5 Å². The van der Waals surface area contributed by atoms with Crippen molar-refractivity contribution in [2.75, 3.05) is 13.3 Å².